The van der Waals surface area contributed by atoms with E-state index < -0.39 is 0 Å². The lowest BCUT2D eigenvalue weighted by Crippen LogP contribution is -1.99. The molecule has 3 heterocycles. The first kappa shape index (κ1) is 26.9. The Labute approximate surface area is 272 Å². The van der Waals surface area contributed by atoms with Crippen LogP contribution in [-0.4, -0.2) is 24.1 Å². The van der Waals surface area contributed by atoms with Crippen molar-refractivity contribution in [1.29, 1.82) is 0 Å². The molecule has 47 heavy (non-hydrogen) atoms. The lowest BCUT2D eigenvalue weighted by molar-refractivity contribution is 0.878. The molecular formula is C42H29N5. The second-order valence-corrected chi connectivity index (χ2v) is 11.7. The van der Waals surface area contributed by atoms with E-state index >= 15 is 0 Å². The van der Waals surface area contributed by atoms with Crippen LogP contribution in [0.4, 0.5) is 0 Å². The third kappa shape index (κ3) is 4.82. The molecule has 0 N–H and O–H groups in total. The Balaban J connectivity index is 1.21. The van der Waals surface area contributed by atoms with Crippen molar-refractivity contribution >= 4 is 21.8 Å². The minimum atomic E-state index is 1.00. The van der Waals surface area contributed by atoms with Gasteiger partial charge in [0.25, 0.3) is 0 Å². The summed E-state index contributed by atoms with van der Waals surface area (Å²) < 4.78 is 6.23. The van der Waals surface area contributed by atoms with E-state index in [2.05, 4.69) is 155 Å². The molecule has 3 aromatic heterocycles. The van der Waals surface area contributed by atoms with Gasteiger partial charge in [-0.1, -0.05) is 109 Å². The molecule has 222 valence electrons. The van der Waals surface area contributed by atoms with Gasteiger partial charge in [0.1, 0.15) is 0 Å². The normalized spacial score (nSPS) is 11.4. The maximum atomic E-state index is 4.75. The Kier molecular flexibility index (Phi) is 6.39. The van der Waals surface area contributed by atoms with Crippen LogP contribution in [0.15, 0.2) is 176 Å². The number of hydrogen-bond donors (Lipinski definition) is 0. The minimum absolute atomic E-state index is 1.00. The van der Waals surface area contributed by atoms with E-state index in [-0.39, 0.29) is 0 Å². The van der Waals surface area contributed by atoms with E-state index in [1.54, 1.807) is 0 Å². The van der Waals surface area contributed by atoms with Crippen LogP contribution in [0.2, 0.25) is 0 Å². The van der Waals surface area contributed by atoms with Gasteiger partial charge in [-0.15, -0.1) is 0 Å². The van der Waals surface area contributed by atoms with E-state index in [0.717, 1.165) is 39.2 Å². The first-order valence-electron chi connectivity index (χ1n) is 15.7. The third-order valence-electron chi connectivity index (χ3n) is 8.89. The lowest BCUT2D eigenvalue weighted by Gasteiger charge is -2.12. The topological polar surface area (TPSA) is 40.6 Å². The van der Waals surface area contributed by atoms with Gasteiger partial charge in [0.05, 0.1) is 28.6 Å². The van der Waals surface area contributed by atoms with E-state index in [1.165, 1.54) is 33.0 Å². The lowest BCUT2D eigenvalue weighted by atomic mass is 9.99. The summed E-state index contributed by atoms with van der Waals surface area (Å²) in [5, 5.41) is 11.6. The van der Waals surface area contributed by atoms with Crippen LogP contribution in [0.25, 0.3) is 72.2 Å². The fourth-order valence-corrected chi connectivity index (χ4v) is 6.53. The molecular weight excluding hydrogens is 574 g/mol. The van der Waals surface area contributed by atoms with Crippen LogP contribution in [0.1, 0.15) is 0 Å². The Morgan fingerprint density at radius 1 is 0.383 bits per heavy atom. The minimum Gasteiger partial charge on any atom is -0.309 e. The molecule has 5 nitrogen and oxygen atoms in total. The molecule has 0 amide bonds. The molecule has 0 saturated carbocycles. The second kappa shape index (κ2) is 11.2. The molecule has 0 saturated heterocycles. The summed E-state index contributed by atoms with van der Waals surface area (Å²) in [5.74, 6) is 0. The average molecular weight is 604 g/mol. The van der Waals surface area contributed by atoms with Crippen molar-refractivity contribution < 1.29 is 0 Å². The predicted molar refractivity (Wildman–Crippen MR) is 191 cm³/mol. The molecule has 5 heteroatoms. The SMILES string of the molecule is c1ccc(-c2ccc(-c3ccc4c5ccc(-n6cc(-c7ccccc7)cn6)cc5n(-c5cccc(-n6cccn6)c5)c4c3)cc2)cc1. The molecule has 9 rings (SSSR count). The molecule has 0 aliphatic rings. The van der Waals surface area contributed by atoms with Gasteiger partial charge in [-0.25, -0.2) is 9.36 Å². The molecule has 0 aliphatic heterocycles. The summed E-state index contributed by atoms with van der Waals surface area (Å²) >= 11 is 0. The van der Waals surface area contributed by atoms with Crippen molar-refractivity contribution in [3.05, 3.63) is 176 Å². The van der Waals surface area contributed by atoms with Gasteiger partial charge in [-0.2, -0.15) is 10.2 Å². The zero-order valence-corrected chi connectivity index (χ0v) is 25.5. The van der Waals surface area contributed by atoms with E-state index in [9.17, 15) is 0 Å². The monoisotopic (exact) mass is 603 g/mol. The molecule has 0 unspecified atom stereocenters. The summed E-state index contributed by atoms with van der Waals surface area (Å²) in [6, 6.07) is 53.7. The van der Waals surface area contributed by atoms with Gasteiger partial charge >= 0.3 is 0 Å². The highest BCUT2D eigenvalue weighted by Crippen LogP contribution is 2.37. The number of nitrogens with zero attached hydrogens (tertiary/aromatic N) is 5. The van der Waals surface area contributed by atoms with Crippen molar-refractivity contribution in [2.45, 2.75) is 0 Å². The Morgan fingerprint density at radius 3 is 1.70 bits per heavy atom. The molecule has 0 atom stereocenters. The van der Waals surface area contributed by atoms with Crippen molar-refractivity contribution in [3.8, 4) is 50.4 Å². The highest BCUT2D eigenvalue weighted by molar-refractivity contribution is 6.10. The molecule has 6 aromatic carbocycles. The van der Waals surface area contributed by atoms with Crippen LogP contribution >= 0.6 is 0 Å². The van der Waals surface area contributed by atoms with E-state index in [1.807, 2.05) is 40.1 Å². The zero-order chi connectivity index (χ0) is 31.2. The number of hydrogen-bond acceptors (Lipinski definition) is 2. The van der Waals surface area contributed by atoms with Gasteiger partial charge in [0.2, 0.25) is 0 Å². The Bertz CT molecular complexity index is 2490. The maximum absolute atomic E-state index is 4.75. The van der Waals surface area contributed by atoms with Crippen LogP contribution < -0.4 is 0 Å². The Morgan fingerprint density at radius 2 is 0.979 bits per heavy atom. The molecule has 9 aromatic rings. The fraction of sp³-hybridized carbons (Fsp3) is 0. The maximum Gasteiger partial charge on any atom is 0.0667 e. The standard InChI is InChI=1S/C42H29N5/c1-3-9-30(10-4-1)32-15-17-33(18-16-32)34-19-21-39-40-22-20-37(46-29-35(28-44-46)31-11-5-2-6-12-31)27-42(40)47(41(39)25-34)38-14-7-13-36(26-38)45-24-8-23-43-45/h1-29H. The highest BCUT2D eigenvalue weighted by atomic mass is 15.3. The predicted octanol–water partition coefficient (Wildman–Crippen LogP) is 10.2. The van der Waals surface area contributed by atoms with Crippen LogP contribution in [0, 0.1) is 0 Å². The van der Waals surface area contributed by atoms with Gasteiger partial charge in [0.15, 0.2) is 0 Å². The smallest absolute Gasteiger partial charge is 0.0667 e. The first-order valence-corrected chi connectivity index (χ1v) is 15.7. The van der Waals surface area contributed by atoms with Gasteiger partial charge in [-0.05, 0) is 70.3 Å². The number of benzene rings is 6. The highest BCUT2D eigenvalue weighted by Gasteiger charge is 2.16. The third-order valence-corrected chi connectivity index (χ3v) is 8.89. The molecule has 0 radical (unpaired) electrons. The van der Waals surface area contributed by atoms with Gasteiger partial charge in [-0.3, -0.25) is 0 Å². The largest absolute Gasteiger partial charge is 0.309 e. The second-order valence-electron chi connectivity index (χ2n) is 11.7. The van der Waals surface area contributed by atoms with E-state index in [0.29, 0.717) is 0 Å². The van der Waals surface area contributed by atoms with Gasteiger partial charge < -0.3 is 4.57 Å². The summed E-state index contributed by atoms with van der Waals surface area (Å²) in [7, 11) is 0. The number of aromatic nitrogens is 5. The first-order chi connectivity index (χ1) is 23.3. The van der Waals surface area contributed by atoms with Crippen molar-refractivity contribution in [2.75, 3.05) is 0 Å². The van der Waals surface area contributed by atoms with Gasteiger partial charge in [0, 0.05) is 40.6 Å². The number of fused-ring (bicyclic) bond motifs is 3. The van der Waals surface area contributed by atoms with Crippen LogP contribution in [0.3, 0.4) is 0 Å². The van der Waals surface area contributed by atoms with Crippen molar-refractivity contribution in [2.24, 2.45) is 0 Å². The molecule has 0 bridgehead atoms. The number of rotatable bonds is 6. The Hall–Kier alpha value is -6.46. The van der Waals surface area contributed by atoms with Crippen molar-refractivity contribution in [3.63, 3.8) is 0 Å². The molecule has 0 fully saturated rings. The van der Waals surface area contributed by atoms with Crippen molar-refractivity contribution in [1.82, 2.24) is 24.1 Å². The van der Waals surface area contributed by atoms with Crippen LogP contribution in [0.5, 0.6) is 0 Å². The zero-order valence-electron chi connectivity index (χ0n) is 25.5. The van der Waals surface area contributed by atoms with Crippen LogP contribution in [-0.2, 0) is 0 Å². The summed E-state index contributed by atoms with van der Waals surface area (Å²) in [5.41, 5.74) is 12.3. The molecule has 0 aliphatic carbocycles. The summed E-state index contributed by atoms with van der Waals surface area (Å²) in [6.45, 7) is 0. The molecule has 0 spiro atoms. The van der Waals surface area contributed by atoms with E-state index in [4.69, 9.17) is 5.10 Å². The summed E-state index contributed by atoms with van der Waals surface area (Å²) in [6.07, 6.45) is 7.81. The average Bonchev–Trinajstić information content (AvgIpc) is 3.92. The fourth-order valence-electron chi connectivity index (χ4n) is 6.53. The quantitative estimate of drug-likeness (QED) is 0.190. The summed E-state index contributed by atoms with van der Waals surface area (Å²) in [4.78, 5) is 0.